The van der Waals surface area contributed by atoms with Crippen LogP contribution in [0.25, 0.3) is 0 Å². The fourth-order valence-corrected chi connectivity index (χ4v) is 3.56. The monoisotopic (exact) mass is 298 g/mol. The van der Waals surface area contributed by atoms with Crippen LogP contribution in [0.15, 0.2) is 54.1 Å². The Kier molecular flexibility index (Phi) is 3.45. The minimum atomic E-state index is -0.570. The molecule has 2 heterocycles. The lowest BCUT2D eigenvalue weighted by molar-refractivity contribution is -0.127. The third kappa shape index (κ3) is 2.11. The molecule has 1 aliphatic heterocycles. The summed E-state index contributed by atoms with van der Waals surface area (Å²) in [5.74, 6) is 1.26. The fraction of sp³-hybridized carbons (Fsp3) is 0.250. The molecule has 0 saturated carbocycles. The van der Waals surface area contributed by atoms with Crippen LogP contribution in [0, 0.1) is 0 Å². The second kappa shape index (κ2) is 5.28. The normalized spacial score (nSPS) is 28.0. The second-order valence-corrected chi connectivity index (χ2v) is 5.97. The lowest BCUT2D eigenvalue weighted by Crippen LogP contribution is -2.47. The van der Waals surface area contributed by atoms with Crippen molar-refractivity contribution in [3.05, 3.63) is 59.1 Å². The molecule has 3 rings (SSSR count). The van der Waals surface area contributed by atoms with Gasteiger partial charge < -0.3 is 4.90 Å². The SMILES string of the molecule is C=C[C@@]1(N2C[C@H](c3nccs3)C(=C=O)C2=O)C=CC=CC1. The molecule has 1 fully saturated rings. The number of thiazole rings is 1. The Hall–Kier alpha value is -2.23. The van der Waals surface area contributed by atoms with E-state index in [2.05, 4.69) is 11.6 Å². The molecule has 1 saturated heterocycles. The molecule has 0 bridgehead atoms. The van der Waals surface area contributed by atoms with Crippen molar-refractivity contribution in [2.45, 2.75) is 17.9 Å². The number of rotatable bonds is 3. The molecule has 2 atom stereocenters. The van der Waals surface area contributed by atoms with Crippen LogP contribution in [0.4, 0.5) is 0 Å². The largest absolute Gasteiger partial charge is 0.324 e. The molecular weight excluding hydrogens is 284 g/mol. The van der Waals surface area contributed by atoms with Crippen LogP contribution in [-0.4, -0.2) is 33.8 Å². The Morgan fingerprint density at radius 1 is 1.52 bits per heavy atom. The van der Waals surface area contributed by atoms with Gasteiger partial charge in [0.15, 0.2) is 0 Å². The van der Waals surface area contributed by atoms with Crippen molar-refractivity contribution >= 4 is 23.2 Å². The highest BCUT2D eigenvalue weighted by molar-refractivity contribution is 7.09. The highest BCUT2D eigenvalue weighted by Crippen LogP contribution is 2.39. The highest BCUT2D eigenvalue weighted by Gasteiger charge is 2.46. The minimum Gasteiger partial charge on any atom is -0.324 e. The van der Waals surface area contributed by atoms with Gasteiger partial charge in [0.2, 0.25) is 0 Å². The molecule has 1 amide bonds. The third-order valence-corrected chi connectivity index (χ3v) is 4.87. The van der Waals surface area contributed by atoms with Crippen molar-refractivity contribution < 1.29 is 9.59 Å². The molecule has 4 nitrogen and oxygen atoms in total. The van der Waals surface area contributed by atoms with E-state index in [0.717, 1.165) is 5.01 Å². The Bertz CT molecular complexity index is 683. The van der Waals surface area contributed by atoms with Crippen LogP contribution < -0.4 is 0 Å². The van der Waals surface area contributed by atoms with E-state index in [4.69, 9.17) is 0 Å². The number of carbonyl (C=O) groups excluding carboxylic acids is 2. The Balaban J connectivity index is 2.00. The molecule has 1 aromatic heterocycles. The standard InChI is InChI=1S/C16H14N2O2S/c1-2-16(6-4-3-5-7-16)18-10-12(13(11-19)15(18)20)14-17-8-9-21-14/h2-6,8-9,12H,1,7,10H2/t12-,16+/m0/s1. The van der Waals surface area contributed by atoms with Gasteiger partial charge in [-0.2, -0.15) is 0 Å². The zero-order chi connectivity index (χ0) is 14.9. The molecule has 1 aliphatic carbocycles. The maximum absolute atomic E-state index is 12.6. The summed E-state index contributed by atoms with van der Waals surface area (Å²) in [6, 6.07) is 0. The molecule has 21 heavy (non-hydrogen) atoms. The zero-order valence-electron chi connectivity index (χ0n) is 11.4. The predicted molar refractivity (Wildman–Crippen MR) is 81.6 cm³/mol. The topological polar surface area (TPSA) is 50.3 Å². The Morgan fingerprint density at radius 3 is 2.95 bits per heavy atom. The van der Waals surface area contributed by atoms with Crippen molar-refractivity contribution in [3.8, 4) is 0 Å². The van der Waals surface area contributed by atoms with Crippen LogP contribution in [0.2, 0.25) is 0 Å². The van der Waals surface area contributed by atoms with E-state index in [1.807, 2.05) is 35.6 Å². The summed E-state index contributed by atoms with van der Waals surface area (Å²) in [6.07, 6.45) is 11.9. The van der Waals surface area contributed by atoms with Crippen molar-refractivity contribution in [2.24, 2.45) is 0 Å². The van der Waals surface area contributed by atoms with Crippen molar-refractivity contribution in [2.75, 3.05) is 6.54 Å². The summed E-state index contributed by atoms with van der Waals surface area (Å²) in [5, 5.41) is 2.62. The molecule has 1 aromatic rings. The van der Waals surface area contributed by atoms with Crippen molar-refractivity contribution in [1.82, 2.24) is 9.88 Å². The first-order valence-electron chi connectivity index (χ1n) is 6.66. The van der Waals surface area contributed by atoms with Gasteiger partial charge >= 0.3 is 0 Å². The number of hydrogen-bond donors (Lipinski definition) is 0. The van der Waals surface area contributed by atoms with E-state index >= 15 is 0 Å². The molecule has 5 heteroatoms. The van der Waals surface area contributed by atoms with Gasteiger partial charge in [-0.15, -0.1) is 17.9 Å². The average molecular weight is 298 g/mol. The highest BCUT2D eigenvalue weighted by atomic mass is 32.1. The van der Waals surface area contributed by atoms with Gasteiger partial charge in [-0.1, -0.05) is 30.4 Å². The van der Waals surface area contributed by atoms with Crippen LogP contribution >= 0.6 is 11.3 Å². The molecule has 0 radical (unpaired) electrons. The first kappa shape index (κ1) is 13.7. The number of amides is 1. The summed E-state index contributed by atoms with van der Waals surface area (Å²) in [6.45, 7) is 4.31. The second-order valence-electron chi connectivity index (χ2n) is 5.04. The molecule has 0 N–H and O–H groups in total. The Morgan fingerprint density at radius 2 is 2.38 bits per heavy atom. The predicted octanol–water partition coefficient (Wildman–Crippen LogP) is 2.27. The van der Waals surface area contributed by atoms with E-state index in [-0.39, 0.29) is 17.4 Å². The first-order chi connectivity index (χ1) is 10.2. The minimum absolute atomic E-state index is 0.161. The van der Waals surface area contributed by atoms with E-state index in [0.29, 0.717) is 13.0 Å². The maximum atomic E-state index is 12.6. The first-order valence-corrected chi connectivity index (χ1v) is 7.54. The van der Waals surface area contributed by atoms with Crippen molar-refractivity contribution in [3.63, 3.8) is 0 Å². The van der Waals surface area contributed by atoms with Gasteiger partial charge in [0.1, 0.15) is 16.5 Å². The van der Waals surface area contributed by atoms with Gasteiger partial charge in [0.25, 0.3) is 5.91 Å². The summed E-state index contributed by atoms with van der Waals surface area (Å²) < 4.78 is 0. The number of allylic oxidation sites excluding steroid dienone is 2. The summed E-state index contributed by atoms with van der Waals surface area (Å²) in [4.78, 5) is 29.8. The van der Waals surface area contributed by atoms with Gasteiger partial charge in [-0.3, -0.25) is 4.79 Å². The molecule has 0 spiro atoms. The van der Waals surface area contributed by atoms with Crippen molar-refractivity contribution in [1.29, 1.82) is 0 Å². The quantitative estimate of drug-likeness (QED) is 0.488. The van der Waals surface area contributed by atoms with Gasteiger partial charge in [0, 0.05) is 18.1 Å². The van der Waals surface area contributed by atoms with E-state index in [1.165, 1.54) is 11.3 Å². The lowest BCUT2D eigenvalue weighted by atomic mass is 9.89. The van der Waals surface area contributed by atoms with Crippen LogP contribution in [0.5, 0.6) is 0 Å². The van der Waals surface area contributed by atoms with Gasteiger partial charge in [-0.05, 0) is 6.42 Å². The van der Waals surface area contributed by atoms with E-state index in [1.54, 1.807) is 17.2 Å². The lowest BCUT2D eigenvalue weighted by Gasteiger charge is -2.37. The summed E-state index contributed by atoms with van der Waals surface area (Å²) in [7, 11) is 0. The molecular formula is C16H14N2O2S. The zero-order valence-corrected chi connectivity index (χ0v) is 12.2. The molecule has 0 aromatic carbocycles. The number of aromatic nitrogens is 1. The maximum Gasteiger partial charge on any atom is 0.262 e. The third-order valence-electron chi connectivity index (χ3n) is 3.98. The number of carbonyl (C=O) groups is 1. The Labute approximate surface area is 126 Å². The van der Waals surface area contributed by atoms with E-state index < -0.39 is 5.54 Å². The van der Waals surface area contributed by atoms with Crippen LogP contribution in [-0.2, 0) is 9.59 Å². The number of nitrogens with zero attached hydrogens (tertiary/aromatic N) is 2. The van der Waals surface area contributed by atoms with Crippen LogP contribution in [0.3, 0.4) is 0 Å². The molecule has 2 aliphatic rings. The number of hydrogen-bond acceptors (Lipinski definition) is 4. The summed E-state index contributed by atoms with van der Waals surface area (Å²) in [5.41, 5.74) is -0.408. The molecule has 0 unspecified atom stereocenters. The smallest absolute Gasteiger partial charge is 0.262 e. The fourth-order valence-electron chi connectivity index (χ4n) is 2.82. The number of likely N-dealkylation sites (tertiary alicyclic amines) is 1. The summed E-state index contributed by atoms with van der Waals surface area (Å²) >= 11 is 1.45. The molecule has 106 valence electrons. The van der Waals surface area contributed by atoms with Gasteiger partial charge in [-0.25, -0.2) is 9.78 Å². The average Bonchev–Trinajstić information content (AvgIpc) is 3.15. The van der Waals surface area contributed by atoms with Crippen LogP contribution in [0.1, 0.15) is 17.3 Å². The van der Waals surface area contributed by atoms with E-state index in [9.17, 15) is 9.59 Å². The van der Waals surface area contributed by atoms with Gasteiger partial charge in [0.05, 0.1) is 11.5 Å².